The molecule has 3 aromatic rings. The second-order valence-electron chi connectivity index (χ2n) is 10.9. The second kappa shape index (κ2) is 11.1. The van der Waals surface area contributed by atoms with Crippen molar-refractivity contribution < 1.29 is 31.7 Å². The van der Waals surface area contributed by atoms with Crippen molar-refractivity contribution in [3.8, 4) is 22.8 Å². The van der Waals surface area contributed by atoms with Gasteiger partial charge in [-0.25, -0.2) is 9.36 Å². The highest BCUT2D eigenvalue weighted by atomic mass is 32.2. The van der Waals surface area contributed by atoms with E-state index in [0.717, 1.165) is 43.3 Å². The largest absolute Gasteiger partial charge is 0.493 e. The summed E-state index contributed by atoms with van der Waals surface area (Å²) >= 11 is 0. The number of nitrogens with one attached hydrogen (secondary N) is 1. The molecule has 0 fully saturated rings. The van der Waals surface area contributed by atoms with E-state index in [1.807, 2.05) is 24.3 Å². The minimum atomic E-state index is -3.91. The highest BCUT2D eigenvalue weighted by Crippen LogP contribution is 2.44. The molecule has 0 bridgehead atoms. The zero-order valence-electron chi connectivity index (χ0n) is 24.1. The molecule has 2 aromatic carbocycles. The van der Waals surface area contributed by atoms with E-state index in [0.29, 0.717) is 22.3 Å². The number of carbonyl (C=O) groups is 2. The van der Waals surface area contributed by atoms with Crippen LogP contribution in [0, 0.1) is 0 Å². The van der Waals surface area contributed by atoms with Crippen molar-refractivity contribution in [2.75, 3.05) is 26.5 Å². The monoisotopic (exact) mass is 571 g/mol. The third kappa shape index (κ3) is 6.10. The quantitative estimate of drug-likeness (QED) is 0.360. The summed E-state index contributed by atoms with van der Waals surface area (Å²) in [4.78, 5) is 29.0. The van der Waals surface area contributed by atoms with Crippen LogP contribution in [0.1, 0.15) is 62.5 Å². The number of nitrogens with zero attached hydrogens (tertiary/aromatic N) is 2. The van der Waals surface area contributed by atoms with Gasteiger partial charge >= 0.3 is 16.2 Å². The smallest absolute Gasteiger partial charge is 0.419 e. The van der Waals surface area contributed by atoms with E-state index in [9.17, 15) is 18.0 Å². The summed E-state index contributed by atoms with van der Waals surface area (Å²) in [5.41, 5.74) is 2.31. The van der Waals surface area contributed by atoms with Crippen LogP contribution in [0.5, 0.6) is 11.5 Å². The first-order chi connectivity index (χ1) is 18.8. The minimum absolute atomic E-state index is 0.0459. The lowest BCUT2D eigenvalue weighted by atomic mass is 9.98. The predicted molar refractivity (Wildman–Crippen MR) is 153 cm³/mol. The van der Waals surface area contributed by atoms with E-state index < -0.39 is 27.7 Å². The summed E-state index contributed by atoms with van der Waals surface area (Å²) in [5, 5.41) is 3.54. The number of ether oxygens (including phenoxy) is 2. The molecule has 1 aromatic heterocycles. The summed E-state index contributed by atoms with van der Waals surface area (Å²) in [7, 11) is -2.53. The molecular weight excluding hydrogens is 534 g/mol. The van der Waals surface area contributed by atoms with Crippen molar-refractivity contribution in [3.63, 3.8) is 0 Å². The summed E-state index contributed by atoms with van der Waals surface area (Å²) in [5.74, 6) is -0.346. The van der Waals surface area contributed by atoms with Gasteiger partial charge in [0.25, 0.3) is 5.91 Å². The van der Waals surface area contributed by atoms with Crippen LogP contribution in [0.4, 0.5) is 4.79 Å². The molecule has 1 amide bonds. The lowest BCUT2D eigenvalue weighted by Crippen LogP contribution is -2.27. The van der Waals surface area contributed by atoms with Gasteiger partial charge in [0, 0.05) is 29.6 Å². The Morgan fingerprint density at radius 3 is 2.48 bits per heavy atom. The number of amides is 1. The highest BCUT2D eigenvalue weighted by Gasteiger charge is 2.34. The Bertz CT molecular complexity index is 1570. The Labute approximate surface area is 235 Å². The normalized spacial score (nSPS) is 13.4. The second-order valence-corrected chi connectivity index (χ2v) is 12.5. The van der Waals surface area contributed by atoms with Gasteiger partial charge in [-0.3, -0.25) is 9.69 Å². The number of rotatable bonds is 9. The first-order valence-corrected chi connectivity index (χ1v) is 15.1. The number of benzene rings is 2. The van der Waals surface area contributed by atoms with Crippen LogP contribution in [-0.2, 0) is 27.9 Å². The van der Waals surface area contributed by atoms with Crippen LogP contribution in [0.15, 0.2) is 30.3 Å². The fourth-order valence-corrected chi connectivity index (χ4v) is 5.45. The zero-order chi connectivity index (χ0) is 29.4. The van der Waals surface area contributed by atoms with Crippen molar-refractivity contribution in [1.29, 1.82) is 0 Å². The number of hydrogen-bond donors (Lipinski definition) is 1. The van der Waals surface area contributed by atoms with Crippen LogP contribution in [0.3, 0.4) is 0 Å². The number of aromatic nitrogens is 1. The number of carbonyl (C=O) groups excluding carboxylic acids is 2. The molecular formula is C29H37N3O7S. The summed E-state index contributed by atoms with van der Waals surface area (Å²) < 4.78 is 42.0. The van der Waals surface area contributed by atoms with Crippen LogP contribution < -0.4 is 14.2 Å². The predicted octanol–water partition coefficient (Wildman–Crippen LogP) is 4.91. The van der Waals surface area contributed by atoms with Gasteiger partial charge in [-0.1, -0.05) is 19.9 Å². The van der Waals surface area contributed by atoms with E-state index in [1.54, 1.807) is 20.8 Å². The third-order valence-electron chi connectivity index (χ3n) is 6.56. The van der Waals surface area contributed by atoms with Crippen LogP contribution in [0.2, 0.25) is 0 Å². The van der Waals surface area contributed by atoms with Gasteiger partial charge in [0.15, 0.2) is 11.5 Å². The van der Waals surface area contributed by atoms with Crippen molar-refractivity contribution in [2.45, 2.75) is 59.7 Å². The van der Waals surface area contributed by atoms with E-state index in [-0.39, 0.29) is 23.6 Å². The summed E-state index contributed by atoms with van der Waals surface area (Å²) in [6.07, 6.45) is 1.37. The number of methoxy groups -OCH3 is 1. The van der Waals surface area contributed by atoms with Gasteiger partial charge in [-0.05, 0) is 70.1 Å². The molecule has 0 saturated heterocycles. The standard InChI is InChI=1S/C29H37N3O7S/c1-8-12-31(9-2)17-18-10-11-22-19(13-18)14-23(32(22)28(34)38-29(3,4)5)20-15-24(37-6)26(39-40(7,35)36)21-16-30-27(33)25(20)21/h10-11,13-15H,8-9,12,16-17H2,1-7H3,(H,30,33). The lowest BCUT2D eigenvalue weighted by Gasteiger charge is -2.22. The summed E-state index contributed by atoms with van der Waals surface area (Å²) in [6, 6.07) is 9.29. The SMILES string of the molecule is CCCN(CC)Cc1ccc2c(c1)cc(-c1cc(OC)c(OS(C)(=O)=O)c3c1C(=O)NC3)n2C(=O)OC(C)(C)C. The number of fused-ring (bicyclic) bond motifs is 2. The number of hydrogen-bond acceptors (Lipinski definition) is 8. The molecule has 0 atom stereocenters. The van der Waals surface area contributed by atoms with Gasteiger partial charge in [-0.15, -0.1) is 0 Å². The lowest BCUT2D eigenvalue weighted by molar-refractivity contribution is 0.0546. The molecule has 10 nitrogen and oxygen atoms in total. The molecule has 0 saturated carbocycles. The van der Waals surface area contributed by atoms with Gasteiger partial charge in [0.2, 0.25) is 0 Å². The topological polar surface area (TPSA) is 116 Å². The molecule has 1 N–H and O–H groups in total. The first-order valence-electron chi connectivity index (χ1n) is 13.3. The van der Waals surface area contributed by atoms with Crippen molar-refractivity contribution in [2.24, 2.45) is 0 Å². The van der Waals surface area contributed by atoms with E-state index in [2.05, 4.69) is 24.1 Å². The Balaban J connectivity index is 1.97. The van der Waals surface area contributed by atoms with E-state index in [4.69, 9.17) is 13.7 Å². The first kappa shape index (κ1) is 29.4. The van der Waals surface area contributed by atoms with E-state index >= 15 is 0 Å². The fourth-order valence-electron chi connectivity index (χ4n) is 4.96. The van der Waals surface area contributed by atoms with Crippen molar-refractivity contribution in [1.82, 2.24) is 14.8 Å². The van der Waals surface area contributed by atoms with Gasteiger partial charge in [0.05, 0.1) is 30.1 Å². The Morgan fingerprint density at radius 2 is 1.88 bits per heavy atom. The average molecular weight is 572 g/mol. The maximum Gasteiger partial charge on any atom is 0.419 e. The Morgan fingerprint density at radius 1 is 1.15 bits per heavy atom. The van der Waals surface area contributed by atoms with Crippen LogP contribution in [-0.4, -0.2) is 61.9 Å². The summed E-state index contributed by atoms with van der Waals surface area (Å²) in [6.45, 7) is 12.3. The van der Waals surface area contributed by atoms with Gasteiger partial charge < -0.3 is 19.0 Å². The third-order valence-corrected chi connectivity index (χ3v) is 7.03. The molecule has 11 heteroatoms. The van der Waals surface area contributed by atoms with Gasteiger partial charge in [0.1, 0.15) is 5.60 Å². The van der Waals surface area contributed by atoms with Crippen molar-refractivity contribution >= 4 is 33.0 Å². The Hall–Kier alpha value is -3.57. The molecule has 216 valence electrons. The van der Waals surface area contributed by atoms with Gasteiger partial charge in [-0.2, -0.15) is 8.42 Å². The maximum atomic E-state index is 13.6. The molecule has 1 aliphatic rings. The maximum absolute atomic E-state index is 13.6. The molecule has 0 radical (unpaired) electrons. The van der Waals surface area contributed by atoms with Crippen LogP contribution >= 0.6 is 0 Å². The molecule has 0 aliphatic carbocycles. The van der Waals surface area contributed by atoms with Crippen molar-refractivity contribution in [3.05, 3.63) is 47.0 Å². The van der Waals surface area contributed by atoms with E-state index in [1.165, 1.54) is 17.7 Å². The average Bonchev–Trinajstić information content (AvgIpc) is 3.43. The highest BCUT2D eigenvalue weighted by molar-refractivity contribution is 7.86. The van der Waals surface area contributed by atoms with Crippen LogP contribution in [0.25, 0.3) is 22.2 Å². The molecule has 0 unspecified atom stereocenters. The fraction of sp³-hybridized carbons (Fsp3) is 0.448. The molecule has 1 aliphatic heterocycles. The molecule has 4 rings (SSSR count). The zero-order valence-corrected chi connectivity index (χ0v) is 24.9. The molecule has 2 heterocycles. The molecule has 0 spiro atoms. The molecule has 40 heavy (non-hydrogen) atoms. The minimum Gasteiger partial charge on any atom is -0.493 e. The Kier molecular flexibility index (Phi) is 8.18.